The van der Waals surface area contributed by atoms with Crippen LogP contribution in [-0.2, 0) is 29.4 Å². The van der Waals surface area contributed by atoms with Crippen LogP contribution in [0.1, 0.15) is 22.3 Å². The molecule has 5 heteroatoms. The smallest absolute Gasteiger partial charge is 0.517 e. The van der Waals surface area contributed by atoms with Crippen LogP contribution in [-0.4, -0.2) is 33.4 Å². The monoisotopic (exact) mass is 459 g/mol. The Morgan fingerprint density at radius 2 is 0.657 bits per heavy atom. The summed E-state index contributed by atoms with van der Waals surface area (Å²) in [7, 11) is 0. The third-order valence-electron chi connectivity index (χ3n) is 8.49. The average molecular weight is 459 g/mol. The molecule has 2 saturated heterocycles. The molecular weight excluding hydrogens is 435 g/mol. The molecule has 2 aliphatic carbocycles. The van der Waals surface area contributed by atoms with Crippen molar-refractivity contribution in [3.05, 3.63) is 119 Å². The molecule has 4 aliphatic rings. The molecule has 0 N–H and O–H groups in total. The van der Waals surface area contributed by atoms with Gasteiger partial charge in [0.15, 0.2) is 0 Å². The van der Waals surface area contributed by atoms with Crippen LogP contribution in [0.3, 0.4) is 0 Å². The second-order valence-electron chi connectivity index (χ2n) is 10.2. The van der Waals surface area contributed by atoms with Gasteiger partial charge in [0.1, 0.15) is 0 Å². The Kier molecular flexibility index (Phi) is 3.96. The van der Waals surface area contributed by atoms with E-state index in [0.717, 1.165) is 0 Å². The highest BCUT2D eigenvalue weighted by molar-refractivity contribution is 6.54. The van der Waals surface area contributed by atoms with Gasteiger partial charge in [0.25, 0.3) is 0 Å². The highest BCUT2D eigenvalue weighted by Gasteiger charge is 2.55. The van der Waals surface area contributed by atoms with Gasteiger partial charge in [0, 0.05) is 26.4 Å². The van der Waals surface area contributed by atoms with Crippen molar-refractivity contribution < 1.29 is 18.6 Å². The van der Waals surface area contributed by atoms with E-state index in [1.807, 2.05) is 0 Å². The lowest BCUT2D eigenvalue weighted by molar-refractivity contribution is -0.117. The lowest BCUT2D eigenvalue weighted by atomic mass is 9.75. The molecule has 172 valence electrons. The van der Waals surface area contributed by atoms with Crippen molar-refractivity contribution >= 4 is 6.96 Å². The van der Waals surface area contributed by atoms with Crippen LogP contribution in [0.15, 0.2) is 97.1 Å². The van der Waals surface area contributed by atoms with Crippen LogP contribution in [0.5, 0.6) is 0 Å². The van der Waals surface area contributed by atoms with E-state index in [9.17, 15) is 0 Å². The van der Waals surface area contributed by atoms with E-state index in [1.54, 1.807) is 0 Å². The summed E-state index contributed by atoms with van der Waals surface area (Å²) in [6.45, 7) is -0.433. The van der Waals surface area contributed by atoms with Crippen molar-refractivity contribution in [3.63, 3.8) is 0 Å². The van der Waals surface area contributed by atoms with Gasteiger partial charge in [-0.1, -0.05) is 97.1 Å². The molecule has 4 aromatic carbocycles. The summed E-state index contributed by atoms with van der Waals surface area (Å²) in [6.07, 6.45) is 0. The molecule has 3 spiro atoms. The molecule has 0 radical (unpaired) electrons. The van der Waals surface area contributed by atoms with E-state index in [4.69, 9.17) is 18.6 Å². The minimum atomic E-state index is -2.27. The predicted octanol–water partition coefficient (Wildman–Crippen LogP) is 5.45. The third-order valence-corrected chi connectivity index (χ3v) is 8.49. The van der Waals surface area contributed by atoms with E-state index < -0.39 is 6.96 Å². The van der Waals surface area contributed by atoms with Crippen molar-refractivity contribution in [2.75, 3.05) is 26.4 Å². The maximum atomic E-state index is 6.43. The van der Waals surface area contributed by atoms with Crippen LogP contribution < -0.4 is 0 Å². The Morgan fingerprint density at radius 3 is 0.943 bits per heavy atom. The zero-order valence-electron chi connectivity index (χ0n) is 19.3. The predicted molar refractivity (Wildman–Crippen MR) is 135 cm³/mol. The van der Waals surface area contributed by atoms with Gasteiger partial charge < -0.3 is 18.6 Å². The number of rotatable bonds is 0. The van der Waals surface area contributed by atoms with Crippen LogP contribution >= 0.6 is 0 Å². The van der Waals surface area contributed by atoms with Gasteiger partial charge in [-0.15, -0.1) is 0 Å². The lowest BCUT2D eigenvalue weighted by Gasteiger charge is -2.55. The lowest BCUT2D eigenvalue weighted by Crippen LogP contribution is -2.64. The van der Waals surface area contributed by atoms with Crippen LogP contribution in [0.25, 0.3) is 22.3 Å². The number of hydrogen-bond donors (Lipinski definition) is 0. The molecule has 2 heterocycles. The molecule has 0 atom stereocenters. The molecule has 2 aliphatic heterocycles. The van der Waals surface area contributed by atoms with E-state index >= 15 is 0 Å². The minimum absolute atomic E-state index is 0.353. The largest absolute Gasteiger partial charge is 0.531 e. The summed E-state index contributed by atoms with van der Waals surface area (Å²) in [5, 5.41) is 0. The van der Waals surface area contributed by atoms with Crippen molar-refractivity contribution in [3.8, 4) is 22.3 Å². The van der Waals surface area contributed by atoms with Gasteiger partial charge in [0.2, 0.25) is 0 Å². The number of hydrogen-bond acceptors (Lipinski definition) is 4. The molecule has 0 aromatic heterocycles. The van der Waals surface area contributed by atoms with Crippen LogP contribution in [0, 0.1) is 0 Å². The maximum Gasteiger partial charge on any atom is 0.531 e. The Balaban J connectivity index is 1.12. The molecule has 8 rings (SSSR count). The Morgan fingerprint density at radius 1 is 0.400 bits per heavy atom. The van der Waals surface area contributed by atoms with Gasteiger partial charge in [-0.05, 0) is 44.5 Å². The standard InChI is InChI=1S/C30H24BO4/c1-5-13-25-21(9-1)22-10-2-6-14-26(22)29(25)17-32-31(33-18-29)34-19-30(20-35-31)27-15-7-3-11-23(27)24-12-4-8-16-28(24)30/h1-16H,17-20H2/q-1. The quantitative estimate of drug-likeness (QED) is 0.328. The second-order valence-corrected chi connectivity index (χ2v) is 10.2. The van der Waals surface area contributed by atoms with Crippen LogP contribution in [0.4, 0.5) is 0 Å². The molecule has 35 heavy (non-hydrogen) atoms. The molecule has 2 fully saturated rings. The van der Waals surface area contributed by atoms with Crippen molar-refractivity contribution in [1.82, 2.24) is 0 Å². The van der Waals surface area contributed by atoms with Gasteiger partial charge >= 0.3 is 6.96 Å². The van der Waals surface area contributed by atoms with Crippen LogP contribution in [0.2, 0.25) is 0 Å². The zero-order chi connectivity index (χ0) is 23.1. The highest BCUT2D eigenvalue weighted by Crippen LogP contribution is 2.54. The van der Waals surface area contributed by atoms with Gasteiger partial charge in [-0.3, -0.25) is 0 Å². The Labute approximate surface area is 204 Å². The van der Waals surface area contributed by atoms with Gasteiger partial charge in [0.05, 0.1) is 10.8 Å². The fraction of sp³-hybridized carbons (Fsp3) is 0.200. The Bertz CT molecular complexity index is 1270. The SMILES string of the molecule is c1ccc2c(c1)-c1ccccc1C21CO[B-]2(OC1)OCC1(CO2)c2ccccc2-c2ccccc21. The fourth-order valence-electron chi connectivity index (χ4n) is 6.80. The molecule has 4 aromatic rings. The van der Waals surface area contributed by atoms with Crippen molar-refractivity contribution in [2.45, 2.75) is 10.8 Å². The molecule has 0 saturated carbocycles. The Hall–Kier alpha value is -3.22. The summed E-state index contributed by atoms with van der Waals surface area (Å²) in [6, 6.07) is 34.2. The molecular formula is C30H24BO4-. The van der Waals surface area contributed by atoms with Gasteiger partial charge in [-0.25, -0.2) is 0 Å². The third kappa shape index (κ3) is 2.51. The molecule has 0 amide bonds. The van der Waals surface area contributed by atoms with Crippen molar-refractivity contribution in [1.29, 1.82) is 0 Å². The maximum absolute atomic E-state index is 6.43. The molecule has 0 unspecified atom stereocenters. The van der Waals surface area contributed by atoms with E-state index in [-0.39, 0.29) is 10.8 Å². The summed E-state index contributed by atoms with van der Waals surface area (Å²) >= 11 is 0. The topological polar surface area (TPSA) is 36.9 Å². The molecule has 0 bridgehead atoms. The zero-order valence-corrected chi connectivity index (χ0v) is 19.3. The first-order chi connectivity index (χ1) is 17.2. The fourth-order valence-corrected chi connectivity index (χ4v) is 6.80. The first-order valence-electron chi connectivity index (χ1n) is 12.3. The van der Waals surface area contributed by atoms with E-state index in [2.05, 4.69) is 97.1 Å². The number of fused-ring (bicyclic) bond motifs is 10. The number of benzene rings is 4. The first kappa shape index (κ1) is 20.0. The van der Waals surface area contributed by atoms with Gasteiger partial charge in [-0.2, -0.15) is 0 Å². The summed E-state index contributed by atoms with van der Waals surface area (Å²) in [4.78, 5) is 0. The van der Waals surface area contributed by atoms with Crippen molar-refractivity contribution in [2.24, 2.45) is 0 Å². The summed E-state index contributed by atoms with van der Waals surface area (Å²) < 4.78 is 25.7. The minimum Gasteiger partial charge on any atom is -0.517 e. The van der Waals surface area contributed by atoms with E-state index in [0.29, 0.717) is 26.4 Å². The summed E-state index contributed by atoms with van der Waals surface area (Å²) in [5.41, 5.74) is 9.30. The van der Waals surface area contributed by atoms with E-state index in [1.165, 1.54) is 44.5 Å². The normalized spacial score (nSPS) is 21.5. The highest BCUT2D eigenvalue weighted by atomic mass is 16.9. The first-order valence-corrected chi connectivity index (χ1v) is 12.3. The molecule has 4 nitrogen and oxygen atoms in total. The average Bonchev–Trinajstić information content (AvgIpc) is 3.37. The summed E-state index contributed by atoms with van der Waals surface area (Å²) in [5.74, 6) is 0. The second kappa shape index (κ2) is 6.93.